The summed E-state index contributed by atoms with van der Waals surface area (Å²) < 4.78 is 0. The summed E-state index contributed by atoms with van der Waals surface area (Å²) >= 11 is 5.86. The molecule has 0 radical (unpaired) electrons. The molecule has 1 unspecified atom stereocenters. The van der Waals surface area contributed by atoms with Gasteiger partial charge in [-0.3, -0.25) is 4.79 Å². The summed E-state index contributed by atoms with van der Waals surface area (Å²) in [7, 11) is 0. The highest BCUT2D eigenvalue weighted by atomic mass is 35.5. The minimum absolute atomic E-state index is 0.240. The van der Waals surface area contributed by atoms with E-state index in [9.17, 15) is 9.90 Å². The zero-order valence-electron chi connectivity index (χ0n) is 16.8. The van der Waals surface area contributed by atoms with Gasteiger partial charge < -0.3 is 10.0 Å². The van der Waals surface area contributed by atoms with Crippen LogP contribution in [0.5, 0.6) is 0 Å². The average molecular weight is 402 g/mol. The van der Waals surface area contributed by atoms with Gasteiger partial charge in [-0.05, 0) is 69.8 Å². The number of hydrogen-bond donors (Lipinski definition) is 1. The molecule has 1 atom stereocenters. The molecule has 0 aliphatic carbocycles. The van der Waals surface area contributed by atoms with Crippen molar-refractivity contribution in [1.82, 2.24) is 4.90 Å². The van der Waals surface area contributed by atoms with E-state index in [1.165, 1.54) is 30.4 Å². The molecule has 3 rings (SSSR count). The van der Waals surface area contributed by atoms with Crippen LogP contribution in [0.3, 0.4) is 0 Å². The van der Waals surface area contributed by atoms with Crippen LogP contribution in [0.15, 0.2) is 54.6 Å². The van der Waals surface area contributed by atoms with Crippen LogP contribution in [0.1, 0.15) is 43.2 Å². The molecular weight excluding hydrogens is 370 g/mol. The lowest BCUT2D eigenvalue weighted by atomic mass is 9.98. The van der Waals surface area contributed by atoms with Crippen LogP contribution in [0, 0.1) is 12.8 Å². The van der Waals surface area contributed by atoms with Crippen molar-refractivity contribution in [3.05, 3.63) is 70.7 Å². The zero-order valence-corrected chi connectivity index (χ0v) is 17.6. The van der Waals surface area contributed by atoms with Crippen molar-refractivity contribution >= 4 is 17.6 Å². The monoisotopic (exact) mass is 401 g/mol. The molecule has 28 heavy (non-hydrogen) atoms. The SMILES string of the molecule is Cc1ccccc1.O=C(O)C(CCCc1ccc(Cl)cc1)CN1CCCCC1. The second-order valence-electron chi connectivity index (χ2n) is 7.57. The van der Waals surface area contributed by atoms with E-state index >= 15 is 0 Å². The number of carbonyl (C=O) groups is 1. The molecule has 0 aromatic heterocycles. The summed E-state index contributed by atoms with van der Waals surface area (Å²) in [6.45, 7) is 4.90. The summed E-state index contributed by atoms with van der Waals surface area (Å²) in [5.41, 5.74) is 2.55. The normalized spacial score (nSPS) is 15.4. The number of piperidine rings is 1. The summed E-state index contributed by atoms with van der Waals surface area (Å²) in [6.07, 6.45) is 6.26. The third-order valence-corrected chi connectivity index (χ3v) is 5.40. The molecule has 1 N–H and O–H groups in total. The molecule has 1 aliphatic rings. The Bertz CT molecular complexity index is 682. The quantitative estimate of drug-likeness (QED) is 0.633. The Morgan fingerprint density at radius 1 is 1.04 bits per heavy atom. The second kappa shape index (κ2) is 12.6. The Kier molecular flexibility index (Phi) is 10.1. The highest BCUT2D eigenvalue weighted by Crippen LogP contribution is 2.17. The molecule has 1 fully saturated rings. The van der Waals surface area contributed by atoms with Crippen molar-refractivity contribution in [1.29, 1.82) is 0 Å². The number of nitrogens with zero attached hydrogens (tertiary/aromatic N) is 1. The van der Waals surface area contributed by atoms with Gasteiger partial charge in [0.15, 0.2) is 0 Å². The molecule has 1 heterocycles. The van der Waals surface area contributed by atoms with Crippen molar-refractivity contribution in [3.8, 4) is 0 Å². The summed E-state index contributed by atoms with van der Waals surface area (Å²) in [5, 5.41) is 10.1. The van der Waals surface area contributed by atoms with Gasteiger partial charge in [-0.25, -0.2) is 0 Å². The predicted octanol–water partition coefficient (Wildman–Crippen LogP) is 5.84. The third-order valence-electron chi connectivity index (χ3n) is 5.15. The molecule has 152 valence electrons. The Balaban J connectivity index is 0.000000336. The van der Waals surface area contributed by atoms with Crippen LogP contribution in [-0.2, 0) is 11.2 Å². The zero-order chi connectivity index (χ0) is 20.2. The van der Waals surface area contributed by atoms with E-state index in [-0.39, 0.29) is 5.92 Å². The molecule has 0 saturated carbocycles. The number of carboxylic acids is 1. The first-order valence-electron chi connectivity index (χ1n) is 10.3. The maximum absolute atomic E-state index is 11.4. The van der Waals surface area contributed by atoms with Crippen molar-refractivity contribution in [2.24, 2.45) is 5.92 Å². The number of aryl methyl sites for hydroxylation is 2. The highest BCUT2D eigenvalue weighted by Gasteiger charge is 2.21. The van der Waals surface area contributed by atoms with Crippen LogP contribution in [0.4, 0.5) is 0 Å². The van der Waals surface area contributed by atoms with E-state index in [1.54, 1.807) is 0 Å². The summed E-state index contributed by atoms with van der Waals surface area (Å²) in [5.74, 6) is -0.896. The number of hydrogen-bond acceptors (Lipinski definition) is 2. The van der Waals surface area contributed by atoms with Crippen LogP contribution < -0.4 is 0 Å². The molecule has 2 aromatic carbocycles. The van der Waals surface area contributed by atoms with E-state index in [0.29, 0.717) is 6.54 Å². The fourth-order valence-electron chi connectivity index (χ4n) is 3.48. The third kappa shape index (κ3) is 8.90. The Morgan fingerprint density at radius 2 is 1.68 bits per heavy atom. The number of halogens is 1. The minimum atomic E-state index is -0.656. The standard InChI is InChI=1S/C17H24ClNO2.C7H8/c18-16-9-7-14(8-10-16)5-4-6-15(17(20)21)13-19-11-2-1-3-12-19;1-7-5-3-2-4-6-7/h7-10,15H,1-6,11-13H2,(H,20,21);2-6H,1H3. The number of aliphatic carboxylic acids is 1. The van der Waals surface area contributed by atoms with Crippen molar-refractivity contribution < 1.29 is 9.90 Å². The molecule has 0 spiro atoms. The first-order valence-corrected chi connectivity index (χ1v) is 10.6. The topological polar surface area (TPSA) is 40.5 Å². The van der Waals surface area contributed by atoms with Crippen LogP contribution in [0.25, 0.3) is 0 Å². The van der Waals surface area contributed by atoms with Gasteiger partial charge in [0.05, 0.1) is 5.92 Å². The van der Waals surface area contributed by atoms with Gasteiger partial charge in [-0.1, -0.05) is 66.0 Å². The Hall–Kier alpha value is -1.84. The Morgan fingerprint density at radius 3 is 2.21 bits per heavy atom. The lowest BCUT2D eigenvalue weighted by Crippen LogP contribution is -2.36. The maximum atomic E-state index is 11.4. The lowest BCUT2D eigenvalue weighted by molar-refractivity contribution is -0.142. The van der Waals surface area contributed by atoms with E-state index in [1.807, 2.05) is 42.5 Å². The minimum Gasteiger partial charge on any atom is -0.481 e. The molecule has 4 heteroatoms. The first kappa shape index (κ1) is 22.4. The van der Waals surface area contributed by atoms with E-state index < -0.39 is 5.97 Å². The van der Waals surface area contributed by atoms with Gasteiger partial charge in [0.1, 0.15) is 0 Å². The van der Waals surface area contributed by atoms with Crippen molar-refractivity contribution in [2.45, 2.75) is 45.4 Å². The number of carboxylic acid groups (broad SMARTS) is 1. The maximum Gasteiger partial charge on any atom is 0.307 e. The van der Waals surface area contributed by atoms with E-state index in [4.69, 9.17) is 11.6 Å². The largest absolute Gasteiger partial charge is 0.481 e. The predicted molar refractivity (Wildman–Crippen MR) is 117 cm³/mol. The molecule has 3 nitrogen and oxygen atoms in total. The van der Waals surface area contributed by atoms with Crippen LogP contribution >= 0.6 is 11.6 Å². The van der Waals surface area contributed by atoms with E-state index in [0.717, 1.165) is 37.4 Å². The number of benzene rings is 2. The van der Waals surface area contributed by atoms with Crippen LogP contribution in [-0.4, -0.2) is 35.6 Å². The van der Waals surface area contributed by atoms with Gasteiger partial charge in [-0.2, -0.15) is 0 Å². The van der Waals surface area contributed by atoms with Gasteiger partial charge in [0.25, 0.3) is 0 Å². The molecule has 0 bridgehead atoms. The number of rotatable bonds is 7. The smallest absolute Gasteiger partial charge is 0.307 e. The summed E-state index contributed by atoms with van der Waals surface area (Å²) in [6, 6.07) is 18.1. The van der Waals surface area contributed by atoms with Gasteiger partial charge in [-0.15, -0.1) is 0 Å². The second-order valence-corrected chi connectivity index (χ2v) is 8.01. The molecule has 1 aliphatic heterocycles. The molecule has 1 saturated heterocycles. The fraction of sp³-hybridized carbons (Fsp3) is 0.458. The lowest BCUT2D eigenvalue weighted by Gasteiger charge is -2.28. The van der Waals surface area contributed by atoms with Gasteiger partial charge in [0, 0.05) is 11.6 Å². The molecule has 2 aromatic rings. The average Bonchev–Trinajstić information content (AvgIpc) is 2.70. The fourth-order valence-corrected chi connectivity index (χ4v) is 3.61. The molecule has 0 amide bonds. The van der Waals surface area contributed by atoms with Gasteiger partial charge >= 0.3 is 5.97 Å². The van der Waals surface area contributed by atoms with Crippen LogP contribution in [0.2, 0.25) is 5.02 Å². The molecular formula is C24H32ClNO2. The van der Waals surface area contributed by atoms with Crippen molar-refractivity contribution in [3.63, 3.8) is 0 Å². The summed E-state index contributed by atoms with van der Waals surface area (Å²) in [4.78, 5) is 13.7. The van der Waals surface area contributed by atoms with Gasteiger partial charge in [0.2, 0.25) is 0 Å². The first-order chi connectivity index (χ1) is 13.5. The van der Waals surface area contributed by atoms with E-state index in [2.05, 4.69) is 24.0 Å². The van der Waals surface area contributed by atoms with Crippen molar-refractivity contribution in [2.75, 3.05) is 19.6 Å². The highest BCUT2D eigenvalue weighted by molar-refractivity contribution is 6.30. The number of likely N-dealkylation sites (tertiary alicyclic amines) is 1. The Labute approximate surface area is 174 Å².